The molecule has 2 aliphatic carbocycles. The molecule has 1 N–H and O–H groups in total. The van der Waals surface area contributed by atoms with Gasteiger partial charge >= 0.3 is 0 Å². The van der Waals surface area contributed by atoms with E-state index < -0.39 is 5.54 Å². The molecule has 2 fully saturated rings. The predicted molar refractivity (Wildman–Crippen MR) is 95.7 cm³/mol. The van der Waals surface area contributed by atoms with Crippen LogP contribution in [0.3, 0.4) is 0 Å². The SMILES string of the molecule is CC1CCC(=CC(=O)NC2(c3noc(CN(C)C)n3)CCCC2)CC1. The number of rotatable bonds is 5. The van der Waals surface area contributed by atoms with E-state index in [-0.39, 0.29) is 5.91 Å². The molecule has 6 heteroatoms. The van der Waals surface area contributed by atoms with E-state index in [2.05, 4.69) is 22.4 Å². The molecule has 0 radical (unpaired) electrons. The molecule has 0 aromatic carbocycles. The molecule has 6 nitrogen and oxygen atoms in total. The molecule has 0 unspecified atom stereocenters. The lowest BCUT2D eigenvalue weighted by atomic mass is 9.87. The fraction of sp³-hybridized carbons (Fsp3) is 0.737. The van der Waals surface area contributed by atoms with Gasteiger partial charge in [0.15, 0.2) is 5.82 Å². The van der Waals surface area contributed by atoms with Crippen LogP contribution in [0.25, 0.3) is 0 Å². The monoisotopic (exact) mass is 346 g/mol. The lowest BCUT2D eigenvalue weighted by molar-refractivity contribution is -0.118. The van der Waals surface area contributed by atoms with Gasteiger partial charge in [-0.05, 0) is 58.5 Å². The minimum absolute atomic E-state index is 0.00888. The van der Waals surface area contributed by atoms with E-state index in [1.807, 2.05) is 25.1 Å². The number of nitrogens with one attached hydrogen (secondary N) is 1. The molecule has 25 heavy (non-hydrogen) atoms. The third kappa shape index (κ3) is 4.48. The number of carbonyl (C=O) groups excluding carboxylic acids is 1. The molecule has 0 atom stereocenters. The first-order valence-electron chi connectivity index (χ1n) is 9.46. The predicted octanol–water partition coefficient (Wildman–Crippen LogP) is 3.15. The van der Waals surface area contributed by atoms with E-state index in [9.17, 15) is 4.79 Å². The Labute approximate surface area is 150 Å². The van der Waals surface area contributed by atoms with E-state index in [4.69, 9.17) is 4.52 Å². The lowest BCUT2D eigenvalue weighted by Crippen LogP contribution is -2.44. The zero-order valence-electron chi connectivity index (χ0n) is 15.7. The smallest absolute Gasteiger partial charge is 0.244 e. The highest BCUT2D eigenvalue weighted by Crippen LogP contribution is 2.37. The molecular weight excluding hydrogens is 316 g/mol. The minimum atomic E-state index is -0.468. The maximum atomic E-state index is 12.6. The molecule has 1 aromatic heterocycles. The highest BCUT2D eigenvalue weighted by atomic mass is 16.5. The second-order valence-corrected chi connectivity index (χ2v) is 8.01. The van der Waals surface area contributed by atoms with Crippen molar-refractivity contribution >= 4 is 5.91 Å². The minimum Gasteiger partial charge on any atom is -0.340 e. The summed E-state index contributed by atoms with van der Waals surface area (Å²) < 4.78 is 5.39. The normalized spacial score (nSPS) is 23.0. The van der Waals surface area contributed by atoms with Crippen LogP contribution < -0.4 is 5.32 Å². The van der Waals surface area contributed by atoms with Crippen molar-refractivity contribution < 1.29 is 9.32 Å². The molecule has 0 saturated heterocycles. The van der Waals surface area contributed by atoms with E-state index in [0.29, 0.717) is 18.3 Å². The van der Waals surface area contributed by atoms with Gasteiger partial charge in [0.2, 0.25) is 11.8 Å². The summed E-state index contributed by atoms with van der Waals surface area (Å²) in [6.07, 6.45) is 10.2. The van der Waals surface area contributed by atoms with Gasteiger partial charge in [-0.15, -0.1) is 0 Å². The molecule has 3 rings (SSSR count). The van der Waals surface area contributed by atoms with Crippen LogP contribution in [0.1, 0.15) is 70.0 Å². The van der Waals surface area contributed by atoms with Gasteiger partial charge in [0.05, 0.1) is 6.54 Å². The Kier molecular flexibility index (Phi) is 5.57. The Bertz CT molecular complexity index is 619. The third-order valence-electron chi connectivity index (χ3n) is 5.42. The summed E-state index contributed by atoms with van der Waals surface area (Å²) in [4.78, 5) is 19.2. The van der Waals surface area contributed by atoms with Gasteiger partial charge in [0, 0.05) is 6.08 Å². The Balaban J connectivity index is 1.71. The zero-order chi connectivity index (χ0) is 17.9. The first-order valence-corrected chi connectivity index (χ1v) is 9.46. The largest absolute Gasteiger partial charge is 0.340 e. The Hall–Kier alpha value is -1.69. The second kappa shape index (κ2) is 7.68. The van der Waals surface area contributed by atoms with Crippen LogP contribution in [0.5, 0.6) is 0 Å². The zero-order valence-corrected chi connectivity index (χ0v) is 15.7. The van der Waals surface area contributed by atoms with E-state index >= 15 is 0 Å². The number of amides is 1. The van der Waals surface area contributed by atoms with Crippen LogP contribution in [0.4, 0.5) is 0 Å². The molecule has 2 aliphatic rings. The molecule has 0 spiro atoms. The third-order valence-corrected chi connectivity index (χ3v) is 5.42. The van der Waals surface area contributed by atoms with Crippen molar-refractivity contribution in [3.63, 3.8) is 0 Å². The fourth-order valence-electron chi connectivity index (χ4n) is 3.90. The molecule has 1 aromatic rings. The Morgan fingerprint density at radius 2 is 2.00 bits per heavy atom. The highest BCUT2D eigenvalue weighted by Gasteiger charge is 2.41. The molecule has 138 valence electrons. The van der Waals surface area contributed by atoms with Crippen LogP contribution in [-0.2, 0) is 16.9 Å². The fourth-order valence-corrected chi connectivity index (χ4v) is 3.90. The standard InChI is InChI=1S/C19H30N4O2/c1-14-6-8-15(9-7-14)12-16(24)21-19(10-4-5-11-19)18-20-17(25-22-18)13-23(2)3/h12,14H,4-11,13H2,1-3H3,(H,21,24). The van der Waals surface area contributed by atoms with Crippen molar-refractivity contribution in [3.8, 4) is 0 Å². The summed E-state index contributed by atoms with van der Waals surface area (Å²) in [5, 5.41) is 7.40. The summed E-state index contributed by atoms with van der Waals surface area (Å²) in [5.74, 6) is 1.99. The summed E-state index contributed by atoms with van der Waals surface area (Å²) in [5.41, 5.74) is 0.801. The first-order chi connectivity index (χ1) is 12.0. The van der Waals surface area contributed by atoms with Crippen LogP contribution in [0, 0.1) is 5.92 Å². The van der Waals surface area contributed by atoms with Gasteiger partial charge in [-0.25, -0.2) is 0 Å². The van der Waals surface area contributed by atoms with E-state index in [1.54, 1.807) is 0 Å². The van der Waals surface area contributed by atoms with Crippen LogP contribution in [0.2, 0.25) is 0 Å². The van der Waals surface area contributed by atoms with E-state index in [0.717, 1.165) is 44.4 Å². The highest BCUT2D eigenvalue weighted by molar-refractivity contribution is 5.89. The van der Waals surface area contributed by atoms with Crippen molar-refractivity contribution in [1.29, 1.82) is 0 Å². The van der Waals surface area contributed by atoms with Crippen molar-refractivity contribution in [2.24, 2.45) is 5.92 Å². The van der Waals surface area contributed by atoms with Gasteiger partial charge in [0.25, 0.3) is 0 Å². The van der Waals surface area contributed by atoms with Crippen molar-refractivity contribution in [1.82, 2.24) is 20.4 Å². The number of carbonyl (C=O) groups is 1. The molecule has 2 saturated carbocycles. The summed E-state index contributed by atoms with van der Waals surface area (Å²) in [6, 6.07) is 0. The summed E-state index contributed by atoms with van der Waals surface area (Å²) in [6.45, 7) is 2.89. The van der Waals surface area contributed by atoms with Gasteiger partial charge < -0.3 is 14.7 Å². The molecule has 0 aliphatic heterocycles. The number of allylic oxidation sites excluding steroid dienone is 1. The topological polar surface area (TPSA) is 71.3 Å². The van der Waals surface area contributed by atoms with Crippen molar-refractivity contribution in [3.05, 3.63) is 23.4 Å². The summed E-state index contributed by atoms with van der Waals surface area (Å²) in [7, 11) is 3.93. The van der Waals surface area contributed by atoms with E-state index in [1.165, 1.54) is 18.4 Å². The lowest BCUT2D eigenvalue weighted by Gasteiger charge is -2.26. The number of hydrogen-bond donors (Lipinski definition) is 1. The number of nitrogens with zero attached hydrogens (tertiary/aromatic N) is 3. The first kappa shape index (κ1) is 18.1. The average Bonchev–Trinajstić information content (AvgIpc) is 3.19. The van der Waals surface area contributed by atoms with Crippen molar-refractivity contribution in [2.45, 2.75) is 70.4 Å². The van der Waals surface area contributed by atoms with Gasteiger partial charge in [-0.3, -0.25) is 4.79 Å². The Morgan fingerprint density at radius 1 is 1.32 bits per heavy atom. The average molecular weight is 346 g/mol. The molecule has 0 bridgehead atoms. The van der Waals surface area contributed by atoms with Crippen LogP contribution >= 0.6 is 0 Å². The maximum Gasteiger partial charge on any atom is 0.244 e. The van der Waals surface area contributed by atoms with Gasteiger partial charge in [0.1, 0.15) is 5.54 Å². The van der Waals surface area contributed by atoms with Crippen molar-refractivity contribution in [2.75, 3.05) is 14.1 Å². The molecular formula is C19H30N4O2. The maximum absolute atomic E-state index is 12.6. The second-order valence-electron chi connectivity index (χ2n) is 8.01. The van der Waals surface area contributed by atoms with Gasteiger partial charge in [-0.1, -0.05) is 30.5 Å². The Morgan fingerprint density at radius 3 is 2.64 bits per heavy atom. The van der Waals surface area contributed by atoms with Crippen LogP contribution in [-0.4, -0.2) is 35.0 Å². The number of aromatic nitrogens is 2. The quantitative estimate of drug-likeness (QED) is 0.829. The summed E-state index contributed by atoms with van der Waals surface area (Å²) >= 11 is 0. The number of hydrogen-bond acceptors (Lipinski definition) is 5. The van der Waals surface area contributed by atoms with Crippen LogP contribution in [0.15, 0.2) is 16.2 Å². The molecule has 1 heterocycles. The van der Waals surface area contributed by atoms with Gasteiger partial charge in [-0.2, -0.15) is 4.98 Å². The molecule has 1 amide bonds.